The molecule has 0 aliphatic rings. The summed E-state index contributed by atoms with van der Waals surface area (Å²) in [6.45, 7) is 3.55. The van der Waals surface area contributed by atoms with Gasteiger partial charge in [0.2, 0.25) is 6.33 Å². The molecule has 108 valence electrons. The number of rotatable bonds is 11. The molecule has 0 aromatic carbocycles. The second-order valence-electron chi connectivity index (χ2n) is 5.26. The topological polar surface area (TPSA) is 51.9 Å². The molecule has 0 saturated carbocycles. The number of nitrogens with zero attached hydrogens (tertiary/aromatic N) is 2. The predicted molar refractivity (Wildman–Crippen MR) is 76.4 cm³/mol. The normalized spacial score (nSPS) is 10.8. The minimum atomic E-state index is -0.296. The molecule has 0 bridgehead atoms. The van der Waals surface area contributed by atoms with Gasteiger partial charge in [-0.05, 0) is 12.8 Å². The molecule has 4 heteroatoms. The fraction of sp³-hybridized carbons (Fsp3) is 0.733. The van der Waals surface area contributed by atoms with Crippen LogP contribution in [0.2, 0.25) is 0 Å². The summed E-state index contributed by atoms with van der Waals surface area (Å²) in [6, 6.07) is 0. The first kappa shape index (κ1) is 15.7. The van der Waals surface area contributed by atoms with Crippen LogP contribution in [-0.4, -0.2) is 10.5 Å². The number of nitrogens with two attached hydrogens (primary N) is 1. The van der Waals surface area contributed by atoms with Gasteiger partial charge in [0.05, 0.1) is 6.54 Å². The Labute approximate surface area is 116 Å². The molecule has 1 amide bonds. The lowest BCUT2D eigenvalue weighted by atomic mass is 10.1. The molecular weight excluding hydrogens is 238 g/mol. The number of amides is 1. The van der Waals surface area contributed by atoms with Crippen molar-refractivity contribution in [3.05, 3.63) is 18.7 Å². The van der Waals surface area contributed by atoms with Crippen LogP contribution >= 0.6 is 0 Å². The van der Waals surface area contributed by atoms with Gasteiger partial charge in [-0.1, -0.05) is 45.4 Å². The van der Waals surface area contributed by atoms with E-state index in [-0.39, 0.29) is 12.5 Å². The maximum Gasteiger partial charge on any atom is 0.259 e. The summed E-state index contributed by atoms with van der Waals surface area (Å²) in [5.74, 6) is -0.296. The van der Waals surface area contributed by atoms with Gasteiger partial charge in [-0.15, -0.1) is 0 Å². The van der Waals surface area contributed by atoms with Crippen LogP contribution in [0.15, 0.2) is 18.7 Å². The standard InChI is InChI=1S/C15H27N3O/c1-2-3-4-5-6-7-8-9-10-17-11-12-18(14-17)13-15(16)19/h11-12,14H,2-10,13H2,1H3,(H-,16,19)/p+1. The van der Waals surface area contributed by atoms with E-state index in [9.17, 15) is 4.79 Å². The number of aromatic nitrogens is 2. The average molecular weight is 266 g/mol. The molecule has 0 saturated heterocycles. The van der Waals surface area contributed by atoms with Gasteiger partial charge >= 0.3 is 0 Å². The number of hydrogen-bond acceptors (Lipinski definition) is 1. The van der Waals surface area contributed by atoms with Gasteiger partial charge in [0, 0.05) is 0 Å². The van der Waals surface area contributed by atoms with Crippen LogP contribution in [0.4, 0.5) is 0 Å². The molecule has 0 spiro atoms. The number of hydrogen-bond donors (Lipinski definition) is 1. The zero-order chi connectivity index (χ0) is 13.9. The smallest absolute Gasteiger partial charge is 0.259 e. The average Bonchev–Trinajstić information content (AvgIpc) is 2.79. The van der Waals surface area contributed by atoms with Crippen molar-refractivity contribution in [3.8, 4) is 0 Å². The van der Waals surface area contributed by atoms with E-state index < -0.39 is 0 Å². The molecule has 2 N–H and O–H groups in total. The Morgan fingerprint density at radius 2 is 1.74 bits per heavy atom. The summed E-state index contributed by atoms with van der Waals surface area (Å²) in [5, 5.41) is 0. The molecule has 1 heterocycles. The zero-order valence-corrected chi connectivity index (χ0v) is 12.2. The number of imidazole rings is 1. The summed E-state index contributed by atoms with van der Waals surface area (Å²) in [7, 11) is 0. The number of carbonyl (C=O) groups excluding carboxylic acids is 1. The van der Waals surface area contributed by atoms with Crippen molar-refractivity contribution in [2.45, 2.75) is 71.4 Å². The summed E-state index contributed by atoms with van der Waals surface area (Å²) >= 11 is 0. The molecule has 0 fully saturated rings. The van der Waals surface area contributed by atoms with Crippen LogP contribution < -0.4 is 10.3 Å². The summed E-state index contributed by atoms with van der Waals surface area (Å²) in [5.41, 5.74) is 5.15. The summed E-state index contributed by atoms with van der Waals surface area (Å²) in [4.78, 5) is 10.8. The lowest BCUT2D eigenvalue weighted by Crippen LogP contribution is -2.38. The maximum atomic E-state index is 10.8. The van der Waals surface area contributed by atoms with Crippen molar-refractivity contribution in [3.63, 3.8) is 0 Å². The molecule has 1 aromatic rings. The van der Waals surface area contributed by atoms with Gasteiger partial charge in [-0.3, -0.25) is 4.79 Å². The maximum absolute atomic E-state index is 10.8. The largest absolute Gasteiger partial charge is 0.366 e. The van der Waals surface area contributed by atoms with E-state index in [4.69, 9.17) is 5.73 Å². The number of carbonyl (C=O) groups is 1. The van der Waals surface area contributed by atoms with Crippen LogP contribution in [0.25, 0.3) is 0 Å². The van der Waals surface area contributed by atoms with E-state index in [1.165, 1.54) is 51.4 Å². The van der Waals surface area contributed by atoms with Crippen LogP contribution in [0.5, 0.6) is 0 Å². The van der Waals surface area contributed by atoms with Gasteiger partial charge in [0.25, 0.3) is 5.91 Å². The highest BCUT2D eigenvalue weighted by atomic mass is 16.1. The minimum absolute atomic E-state index is 0.268. The van der Waals surface area contributed by atoms with Gasteiger partial charge in [-0.25, -0.2) is 9.13 Å². The third kappa shape index (κ3) is 7.65. The first-order chi connectivity index (χ1) is 9.22. The quantitative estimate of drug-likeness (QED) is 0.485. The van der Waals surface area contributed by atoms with E-state index in [0.717, 1.165) is 6.54 Å². The SMILES string of the molecule is CCCCCCCCCCn1cc[n+](CC(N)=O)c1. The summed E-state index contributed by atoms with van der Waals surface area (Å²) in [6.07, 6.45) is 16.5. The second-order valence-corrected chi connectivity index (χ2v) is 5.26. The van der Waals surface area contributed by atoms with Gasteiger partial charge < -0.3 is 5.73 Å². The van der Waals surface area contributed by atoms with Crippen molar-refractivity contribution < 1.29 is 9.36 Å². The van der Waals surface area contributed by atoms with Crippen LogP contribution in [0, 0.1) is 0 Å². The van der Waals surface area contributed by atoms with Gasteiger partial charge in [-0.2, -0.15) is 0 Å². The van der Waals surface area contributed by atoms with Crippen molar-refractivity contribution in [1.82, 2.24) is 4.57 Å². The van der Waals surface area contributed by atoms with Crippen LogP contribution in [0.3, 0.4) is 0 Å². The molecule has 19 heavy (non-hydrogen) atoms. The number of primary amides is 1. The molecule has 0 aliphatic carbocycles. The van der Waals surface area contributed by atoms with E-state index >= 15 is 0 Å². The molecule has 0 radical (unpaired) electrons. The Kier molecular flexibility index (Phi) is 7.94. The lowest BCUT2D eigenvalue weighted by Gasteiger charge is -2.00. The number of unbranched alkanes of at least 4 members (excludes halogenated alkanes) is 7. The third-order valence-corrected chi connectivity index (χ3v) is 3.35. The highest BCUT2D eigenvalue weighted by Gasteiger charge is 2.05. The molecule has 0 atom stereocenters. The Bertz CT molecular complexity index is 360. The Morgan fingerprint density at radius 1 is 1.11 bits per heavy atom. The summed E-state index contributed by atoms with van der Waals surface area (Å²) < 4.78 is 3.95. The highest BCUT2D eigenvalue weighted by Crippen LogP contribution is 2.08. The monoisotopic (exact) mass is 266 g/mol. The van der Waals surface area contributed by atoms with Gasteiger partial charge in [0.1, 0.15) is 12.4 Å². The predicted octanol–water partition coefficient (Wildman–Crippen LogP) is 2.40. The Morgan fingerprint density at radius 3 is 2.37 bits per heavy atom. The fourth-order valence-corrected chi connectivity index (χ4v) is 2.27. The van der Waals surface area contributed by atoms with Crippen LogP contribution in [-0.2, 0) is 17.9 Å². The van der Waals surface area contributed by atoms with E-state index in [1.807, 2.05) is 23.3 Å². The first-order valence-corrected chi connectivity index (χ1v) is 7.55. The van der Waals surface area contributed by atoms with Crippen molar-refractivity contribution in [2.24, 2.45) is 5.73 Å². The highest BCUT2D eigenvalue weighted by molar-refractivity contribution is 5.72. The van der Waals surface area contributed by atoms with E-state index in [2.05, 4.69) is 11.5 Å². The van der Waals surface area contributed by atoms with Crippen molar-refractivity contribution in [2.75, 3.05) is 0 Å². The minimum Gasteiger partial charge on any atom is -0.366 e. The second kappa shape index (κ2) is 9.59. The Balaban J connectivity index is 2.03. The molecule has 1 aromatic heterocycles. The fourth-order valence-electron chi connectivity index (χ4n) is 2.27. The van der Waals surface area contributed by atoms with E-state index in [1.54, 1.807) is 0 Å². The van der Waals surface area contributed by atoms with E-state index in [0.29, 0.717) is 0 Å². The van der Waals surface area contributed by atoms with Crippen LogP contribution in [0.1, 0.15) is 58.3 Å². The molecule has 1 rings (SSSR count). The van der Waals surface area contributed by atoms with Gasteiger partial charge in [0.15, 0.2) is 6.54 Å². The molecule has 4 nitrogen and oxygen atoms in total. The molecule has 0 unspecified atom stereocenters. The molecule has 0 aliphatic heterocycles. The number of aryl methyl sites for hydroxylation is 1. The first-order valence-electron chi connectivity index (χ1n) is 7.55. The molecular formula is C15H28N3O+. The van der Waals surface area contributed by atoms with Crippen molar-refractivity contribution in [1.29, 1.82) is 0 Å². The van der Waals surface area contributed by atoms with Crippen molar-refractivity contribution >= 4 is 5.91 Å². The zero-order valence-electron chi connectivity index (χ0n) is 12.2. The third-order valence-electron chi connectivity index (χ3n) is 3.35. The Hall–Kier alpha value is -1.32. The lowest BCUT2D eigenvalue weighted by molar-refractivity contribution is -0.683.